The third-order valence-electron chi connectivity index (χ3n) is 10.8. The summed E-state index contributed by atoms with van der Waals surface area (Å²) in [6.45, 7) is 10.0. The molecule has 2 heterocycles. The molecule has 6 atom stereocenters. The van der Waals surface area contributed by atoms with Crippen LogP contribution in [0, 0.1) is 28.6 Å². The van der Waals surface area contributed by atoms with Crippen molar-refractivity contribution in [2.45, 2.75) is 115 Å². The van der Waals surface area contributed by atoms with Gasteiger partial charge in [-0.1, -0.05) is 66.7 Å². The fourth-order valence-corrected chi connectivity index (χ4v) is 9.39. The second-order valence-corrected chi connectivity index (χ2v) is 17.4. The van der Waals surface area contributed by atoms with Crippen LogP contribution in [0.4, 0.5) is 4.79 Å². The molecule has 5 N–H and O–H groups in total. The van der Waals surface area contributed by atoms with Crippen molar-refractivity contribution < 1.29 is 32.6 Å². The van der Waals surface area contributed by atoms with Crippen LogP contribution >= 0.6 is 0 Å². The van der Waals surface area contributed by atoms with Gasteiger partial charge in [0.1, 0.15) is 17.8 Å². The highest BCUT2D eigenvalue weighted by Crippen LogP contribution is 2.65. The molecule has 0 spiro atoms. The van der Waals surface area contributed by atoms with Gasteiger partial charge in [-0.05, 0) is 60.0 Å². The number of likely N-dealkylation sites (tertiary alicyclic amines) is 1. The summed E-state index contributed by atoms with van der Waals surface area (Å²) in [7, 11) is -1.28. The Hall–Kier alpha value is -3.22. The van der Waals surface area contributed by atoms with E-state index in [1.807, 2.05) is 20.8 Å². The zero-order valence-electron chi connectivity index (χ0n) is 28.3. The van der Waals surface area contributed by atoms with E-state index in [2.05, 4.69) is 29.8 Å². The lowest BCUT2D eigenvalue weighted by Crippen LogP contribution is -2.63. The largest absolute Gasteiger partial charge is 0.468 e. The van der Waals surface area contributed by atoms with Crippen molar-refractivity contribution in [1.29, 1.82) is 0 Å². The van der Waals surface area contributed by atoms with Gasteiger partial charge in [0.05, 0.1) is 23.6 Å². The standard InChI is InChI=1S/C34H51N5O7S/c1-32(2,3)27(37-31(44)38-34(13-7-6-8-14-34)19-47(45)18-21-10-9-15-46-21)30(43)39-17-22-24(33(22,4)5)25(39)29(42)36-23(16-20-11-12-20)26(40)28(35)41/h9-10,15,20,22-25,27H,6-8,11-14,16-19H2,1-5H3,(H2,35,41)(H,36,42)(H2,37,38,44)/t22?,23?,24-,25-,27+,47?/m0/s1. The van der Waals surface area contributed by atoms with Gasteiger partial charge in [-0.25, -0.2) is 4.79 Å². The number of Topliss-reactive ketones (excluding diaryl/α,β-unsaturated/α-hetero) is 1. The van der Waals surface area contributed by atoms with Gasteiger partial charge in [0, 0.05) is 23.1 Å². The van der Waals surface area contributed by atoms with Crippen LogP contribution in [0.1, 0.15) is 91.7 Å². The Bertz CT molecular complexity index is 1390. The van der Waals surface area contributed by atoms with Crippen molar-refractivity contribution in [3.63, 3.8) is 0 Å². The predicted molar refractivity (Wildman–Crippen MR) is 176 cm³/mol. The summed E-state index contributed by atoms with van der Waals surface area (Å²) >= 11 is 0. The van der Waals surface area contributed by atoms with Crippen LogP contribution in [0.2, 0.25) is 0 Å². The number of carbonyl (C=O) groups excluding carboxylic acids is 5. The second kappa shape index (κ2) is 13.4. The van der Waals surface area contributed by atoms with Gasteiger partial charge in [-0.2, -0.15) is 0 Å². The summed E-state index contributed by atoms with van der Waals surface area (Å²) in [5, 5.41) is 8.84. The van der Waals surface area contributed by atoms with E-state index in [1.165, 1.54) is 0 Å². The minimum atomic E-state index is -1.28. The molecule has 3 aliphatic carbocycles. The first kappa shape index (κ1) is 35.1. The van der Waals surface area contributed by atoms with Crippen LogP contribution in [-0.4, -0.2) is 74.6 Å². The van der Waals surface area contributed by atoms with Gasteiger partial charge >= 0.3 is 6.03 Å². The number of rotatable bonds is 13. The molecule has 5 amide bonds. The van der Waals surface area contributed by atoms with Crippen LogP contribution in [0.3, 0.4) is 0 Å². The molecule has 12 nitrogen and oxygen atoms in total. The number of hydrogen-bond acceptors (Lipinski definition) is 7. The van der Waals surface area contributed by atoms with Crippen molar-refractivity contribution in [2.75, 3.05) is 12.3 Å². The molecule has 13 heteroatoms. The number of hydrogen-bond donors (Lipinski definition) is 4. The van der Waals surface area contributed by atoms with Crippen LogP contribution in [-0.2, 0) is 35.7 Å². The van der Waals surface area contributed by atoms with Crippen molar-refractivity contribution >= 4 is 40.3 Å². The van der Waals surface area contributed by atoms with Crippen molar-refractivity contribution in [1.82, 2.24) is 20.9 Å². The monoisotopic (exact) mass is 673 g/mol. The summed E-state index contributed by atoms with van der Waals surface area (Å²) in [6.07, 6.45) is 7.90. The Morgan fingerprint density at radius 2 is 1.77 bits per heavy atom. The highest BCUT2D eigenvalue weighted by Gasteiger charge is 2.70. The third kappa shape index (κ3) is 7.92. The Morgan fingerprint density at radius 1 is 1.09 bits per heavy atom. The maximum Gasteiger partial charge on any atom is 0.315 e. The van der Waals surface area contributed by atoms with Crippen molar-refractivity contribution in [3.8, 4) is 0 Å². The highest BCUT2D eigenvalue weighted by molar-refractivity contribution is 7.84. The quantitative estimate of drug-likeness (QED) is 0.232. The van der Waals surface area contributed by atoms with Gasteiger partial charge in [0.15, 0.2) is 0 Å². The zero-order chi connectivity index (χ0) is 34.3. The lowest BCUT2D eigenvalue weighted by atomic mass is 9.83. The molecule has 260 valence electrons. The molecule has 1 aromatic rings. The lowest BCUT2D eigenvalue weighted by Gasteiger charge is -2.40. The van der Waals surface area contributed by atoms with Gasteiger partial charge in [-0.15, -0.1) is 0 Å². The molecular weight excluding hydrogens is 622 g/mol. The number of nitrogens with one attached hydrogen (secondary N) is 3. The van der Waals surface area contributed by atoms with Crippen molar-refractivity contribution in [2.24, 2.45) is 34.3 Å². The Kier molecular flexibility index (Phi) is 9.97. The number of ketones is 1. The summed E-state index contributed by atoms with van der Waals surface area (Å²) in [4.78, 5) is 67.9. The molecule has 4 aliphatic rings. The van der Waals surface area contributed by atoms with E-state index in [0.717, 1.165) is 32.1 Å². The van der Waals surface area contributed by atoms with Gasteiger partial charge in [-0.3, -0.25) is 23.4 Å². The lowest BCUT2D eigenvalue weighted by molar-refractivity contribution is -0.145. The molecule has 0 aromatic carbocycles. The summed E-state index contributed by atoms with van der Waals surface area (Å²) in [5.74, 6) is -1.43. The number of piperidine rings is 1. The maximum atomic E-state index is 14.4. The first-order valence-corrected chi connectivity index (χ1v) is 18.4. The Morgan fingerprint density at radius 3 is 2.34 bits per heavy atom. The third-order valence-corrected chi connectivity index (χ3v) is 12.3. The molecule has 3 saturated carbocycles. The number of urea groups is 1. The van der Waals surface area contributed by atoms with E-state index in [-0.39, 0.29) is 40.6 Å². The van der Waals surface area contributed by atoms with Gasteiger partial charge in [0.2, 0.25) is 17.6 Å². The van der Waals surface area contributed by atoms with E-state index in [1.54, 1.807) is 23.3 Å². The zero-order valence-corrected chi connectivity index (χ0v) is 29.1. The number of carbonyl (C=O) groups is 5. The molecule has 1 aromatic heterocycles. The van der Waals surface area contributed by atoms with E-state index in [9.17, 15) is 28.2 Å². The molecule has 47 heavy (non-hydrogen) atoms. The first-order chi connectivity index (χ1) is 22.0. The molecule has 5 rings (SSSR count). The maximum absolute atomic E-state index is 14.4. The number of primary amides is 1. The van der Waals surface area contributed by atoms with Gasteiger partial charge < -0.3 is 31.0 Å². The summed E-state index contributed by atoms with van der Waals surface area (Å²) in [5.41, 5.74) is 3.73. The van der Waals surface area contributed by atoms with Crippen LogP contribution < -0.4 is 21.7 Å². The summed E-state index contributed by atoms with van der Waals surface area (Å²) < 4.78 is 18.6. The SMILES string of the molecule is CC(C)(C)[C@H](NC(=O)NC1(CS(=O)Cc2ccco2)CCCCC1)C(=O)N1CC2[C@@H]([C@H]1C(=O)NC(CC1CC1)C(=O)C(N)=O)C2(C)C. The number of furan rings is 1. The fourth-order valence-electron chi connectivity index (χ4n) is 7.83. The first-order valence-electron chi connectivity index (χ1n) is 16.9. The predicted octanol–water partition coefficient (Wildman–Crippen LogP) is 2.77. The van der Waals surface area contributed by atoms with E-state index >= 15 is 0 Å². The average molecular weight is 674 g/mol. The number of amides is 5. The second-order valence-electron chi connectivity index (χ2n) is 15.9. The molecule has 4 fully saturated rings. The van der Waals surface area contributed by atoms with Crippen LogP contribution in [0.25, 0.3) is 0 Å². The minimum absolute atomic E-state index is 0.0834. The normalized spacial score (nSPS) is 26.3. The molecule has 1 aliphatic heterocycles. The molecular formula is C34H51N5O7S. The summed E-state index contributed by atoms with van der Waals surface area (Å²) in [6, 6.07) is 0.167. The number of fused-ring (bicyclic) bond motifs is 1. The minimum Gasteiger partial charge on any atom is -0.468 e. The van der Waals surface area contributed by atoms with E-state index in [0.29, 0.717) is 31.6 Å². The number of nitrogens with zero attached hydrogens (tertiary/aromatic N) is 1. The average Bonchev–Trinajstić information content (AvgIpc) is 3.70. The van der Waals surface area contributed by atoms with Gasteiger partial charge in [0.25, 0.3) is 5.91 Å². The van der Waals surface area contributed by atoms with Crippen LogP contribution in [0.5, 0.6) is 0 Å². The molecule has 1 saturated heterocycles. The smallest absolute Gasteiger partial charge is 0.315 e. The Labute approximate surface area is 279 Å². The van der Waals surface area contributed by atoms with Crippen molar-refractivity contribution in [3.05, 3.63) is 24.2 Å². The van der Waals surface area contributed by atoms with Crippen LogP contribution in [0.15, 0.2) is 22.8 Å². The topological polar surface area (TPSA) is 181 Å². The van der Waals surface area contributed by atoms with E-state index in [4.69, 9.17) is 10.2 Å². The molecule has 3 unspecified atom stereocenters. The van der Waals surface area contributed by atoms with E-state index < -0.39 is 63.5 Å². The fraction of sp³-hybridized carbons (Fsp3) is 0.735. The highest BCUT2D eigenvalue weighted by atomic mass is 32.2. The molecule has 0 bridgehead atoms. The molecule has 0 radical (unpaired) electrons. The number of nitrogens with two attached hydrogens (primary N) is 1. The Balaban J connectivity index is 1.31.